The van der Waals surface area contributed by atoms with Crippen molar-refractivity contribution < 1.29 is 0 Å². The summed E-state index contributed by atoms with van der Waals surface area (Å²) in [7, 11) is 0. The summed E-state index contributed by atoms with van der Waals surface area (Å²) >= 11 is 2.14. The molecule has 98 valence electrons. The van der Waals surface area contributed by atoms with E-state index < -0.39 is 0 Å². The molecule has 17 heavy (non-hydrogen) atoms. The molecular formula is C14H26N2S. The van der Waals surface area contributed by atoms with Crippen LogP contribution >= 0.6 is 11.8 Å². The average molecular weight is 254 g/mol. The molecule has 0 bridgehead atoms. The van der Waals surface area contributed by atoms with Gasteiger partial charge in [-0.25, -0.2) is 0 Å². The van der Waals surface area contributed by atoms with Gasteiger partial charge in [0.2, 0.25) is 0 Å². The molecule has 0 aromatic heterocycles. The lowest BCUT2D eigenvalue weighted by atomic mass is 9.85. The molecule has 2 aliphatic heterocycles. The maximum atomic E-state index is 3.91. The topological polar surface area (TPSA) is 15.3 Å². The summed E-state index contributed by atoms with van der Waals surface area (Å²) in [5.41, 5.74) is 0. The van der Waals surface area contributed by atoms with E-state index in [-0.39, 0.29) is 0 Å². The summed E-state index contributed by atoms with van der Waals surface area (Å²) in [6, 6.07) is 1.67. The lowest BCUT2D eigenvalue weighted by Crippen LogP contribution is -2.41. The zero-order valence-electron chi connectivity index (χ0n) is 10.9. The number of fused-ring (bicyclic) bond motifs is 1. The van der Waals surface area contributed by atoms with Gasteiger partial charge >= 0.3 is 0 Å². The van der Waals surface area contributed by atoms with Crippen LogP contribution < -0.4 is 5.32 Å². The molecule has 0 amide bonds. The number of rotatable bonds is 2. The standard InChI is InChI=1S/C14H26N2S/c1-2-5-14-12(4-1)10-13(15-14)11-16-6-3-8-17-9-7-16/h12-15H,1-11H2. The van der Waals surface area contributed by atoms with E-state index >= 15 is 0 Å². The third-order valence-electron chi connectivity index (χ3n) is 4.74. The third kappa shape index (κ3) is 3.18. The van der Waals surface area contributed by atoms with E-state index in [0.717, 1.165) is 18.0 Å². The first-order valence-electron chi connectivity index (χ1n) is 7.48. The van der Waals surface area contributed by atoms with Gasteiger partial charge in [-0.2, -0.15) is 11.8 Å². The van der Waals surface area contributed by atoms with Crippen LogP contribution in [0, 0.1) is 5.92 Å². The number of hydrogen-bond acceptors (Lipinski definition) is 3. The summed E-state index contributed by atoms with van der Waals surface area (Å²) < 4.78 is 0. The van der Waals surface area contributed by atoms with E-state index in [0.29, 0.717) is 0 Å². The van der Waals surface area contributed by atoms with Crippen LogP contribution in [0.1, 0.15) is 38.5 Å². The second-order valence-corrected chi connectivity index (χ2v) is 7.24. The zero-order chi connectivity index (χ0) is 11.5. The second kappa shape index (κ2) is 5.94. The van der Waals surface area contributed by atoms with E-state index in [4.69, 9.17) is 0 Å². The molecule has 1 saturated carbocycles. The van der Waals surface area contributed by atoms with Gasteiger partial charge in [-0.15, -0.1) is 0 Å². The molecule has 0 aromatic rings. The summed E-state index contributed by atoms with van der Waals surface area (Å²) in [6.45, 7) is 3.96. The van der Waals surface area contributed by atoms with Crippen molar-refractivity contribution in [3.8, 4) is 0 Å². The van der Waals surface area contributed by atoms with E-state index in [2.05, 4.69) is 22.0 Å². The fraction of sp³-hybridized carbons (Fsp3) is 1.00. The average Bonchev–Trinajstić information content (AvgIpc) is 2.57. The molecule has 1 N–H and O–H groups in total. The predicted octanol–water partition coefficient (Wildman–Crippen LogP) is 2.35. The molecule has 3 atom stereocenters. The Labute approximate surface area is 110 Å². The molecule has 2 heterocycles. The second-order valence-electron chi connectivity index (χ2n) is 6.02. The summed E-state index contributed by atoms with van der Waals surface area (Å²) in [5.74, 6) is 3.73. The predicted molar refractivity (Wildman–Crippen MR) is 75.7 cm³/mol. The Hall–Kier alpha value is 0.270. The fourth-order valence-electron chi connectivity index (χ4n) is 3.86. The van der Waals surface area contributed by atoms with Crippen molar-refractivity contribution in [2.24, 2.45) is 5.92 Å². The minimum absolute atomic E-state index is 0.797. The van der Waals surface area contributed by atoms with Gasteiger partial charge in [0.15, 0.2) is 0 Å². The van der Waals surface area contributed by atoms with Crippen LogP contribution in [0.25, 0.3) is 0 Å². The summed E-state index contributed by atoms with van der Waals surface area (Å²) in [5, 5.41) is 3.91. The van der Waals surface area contributed by atoms with Crippen molar-refractivity contribution >= 4 is 11.8 Å². The Morgan fingerprint density at radius 1 is 1.06 bits per heavy atom. The van der Waals surface area contributed by atoms with E-state index in [9.17, 15) is 0 Å². The quantitative estimate of drug-likeness (QED) is 0.814. The first-order valence-corrected chi connectivity index (χ1v) is 8.63. The highest BCUT2D eigenvalue weighted by atomic mass is 32.2. The number of nitrogens with zero attached hydrogens (tertiary/aromatic N) is 1. The van der Waals surface area contributed by atoms with E-state index in [1.54, 1.807) is 0 Å². The van der Waals surface area contributed by atoms with Crippen molar-refractivity contribution in [1.29, 1.82) is 0 Å². The van der Waals surface area contributed by atoms with Crippen molar-refractivity contribution in [3.05, 3.63) is 0 Å². The molecule has 3 unspecified atom stereocenters. The molecular weight excluding hydrogens is 228 g/mol. The molecule has 3 aliphatic rings. The molecule has 3 rings (SSSR count). The molecule has 1 aliphatic carbocycles. The molecule has 2 nitrogen and oxygen atoms in total. The first-order chi connectivity index (χ1) is 8.42. The Morgan fingerprint density at radius 2 is 2.00 bits per heavy atom. The highest BCUT2D eigenvalue weighted by molar-refractivity contribution is 7.99. The van der Waals surface area contributed by atoms with Gasteiger partial charge in [0.25, 0.3) is 0 Å². The maximum absolute atomic E-state index is 3.91. The van der Waals surface area contributed by atoms with Gasteiger partial charge in [-0.1, -0.05) is 12.8 Å². The van der Waals surface area contributed by atoms with Crippen molar-refractivity contribution in [3.63, 3.8) is 0 Å². The van der Waals surface area contributed by atoms with Gasteiger partial charge in [0.05, 0.1) is 0 Å². The number of thioether (sulfide) groups is 1. The fourth-order valence-corrected chi connectivity index (χ4v) is 4.79. The van der Waals surface area contributed by atoms with Crippen molar-refractivity contribution in [1.82, 2.24) is 10.2 Å². The maximum Gasteiger partial charge on any atom is 0.0200 e. The number of nitrogens with one attached hydrogen (secondary N) is 1. The summed E-state index contributed by atoms with van der Waals surface area (Å²) in [6.07, 6.45) is 8.72. The van der Waals surface area contributed by atoms with Crippen LogP contribution in [0.2, 0.25) is 0 Å². The van der Waals surface area contributed by atoms with Crippen LogP contribution in [0.4, 0.5) is 0 Å². The normalized spacial score (nSPS) is 39.9. The SMILES string of the molecule is C1CCC2NC(CN3CCCSCC3)CC2C1. The summed E-state index contributed by atoms with van der Waals surface area (Å²) in [4.78, 5) is 2.70. The largest absolute Gasteiger partial charge is 0.310 e. The zero-order valence-corrected chi connectivity index (χ0v) is 11.7. The molecule has 0 spiro atoms. The lowest BCUT2D eigenvalue weighted by Gasteiger charge is -2.25. The van der Waals surface area contributed by atoms with Crippen LogP contribution in [0.5, 0.6) is 0 Å². The van der Waals surface area contributed by atoms with Gasteiger partial charge in [-0.05, 0) is 43.9 Å². The minimum atomic E-state index is 0.797. The third-order valence-corrected chi connectivity index (χ3v) is 5.79. The molecule has 0 radical (unpaired) electrons. The van der Waals surface area contributed by atoms with E-state index in [1.165, 1.54) is 69.7 Å². The number of hydrogen-bond donors (Lipinski definition) is 1. The molecule has 3 heteroatoms. The Bertz CT molecular complexity index is 224. The van der Waals surface area contributed by atoms with Crippen LogP contribution in [0.3, 0.4) is 0 Å². The van der Waals surface area contributed by atoms with Gasteiger partial charge in [0, 0.05) is 30.9 Å². The van der Waals surface area contributed by atoms with Gasteiger partial charge < -0.3 is 10.2 Å². The first kappa shape index (κ1) is 12.3. The minimum Gasteiger partial charge on any atom is -0.310 e. The van der Waals surface area contributed by atoms with Crippen molar-refractivity contribution in [2.45, 2.75) is 50.6 Å². The smallest absolute Gasteiger partial charge is 0.0200 e. The monoisotopic (exact) mass is 254 g/mol. The lowest BCUT2D eigenvalue weighted by molar-refractivity contribution is 0.264. The van der Waals surface area contributed by atoms with Crippen LogP contribution in [-0.2, 0) is 0 Å². The van der Waals surface area contributed by atoms with Crippen LogP contribution in [-0.4, -0.2) is 48.1 Å². The van der Waals surface area contributed by atoms with Crippen molar-refractivity contribution in [2.75, 3.05) is 31.1 Å². The highest BCUT2D eigenvalue weighted by Crippen LogP contribution is 2.33. The highest BCUT2D eigenvalue weighted by Gasteiger charge is 2.35. The molecule has 3 fully saturated rings. The van der Waals surface area contributed by atoms with Gasteiger partial charge in [-0.3, -0.25) is 0 Å². The molecule has 0 aromatic carbocycles. The van der Waals surface area contributed by atoms with Crippen LogP contribution in [0.15, 0.2) is 0 Å². The Morgan fingerprint density at radius 3 is 2.94 bits per heavy atom. The van der Waals surface area contributed by atoms with E-state index in [1.807, 2.05) is 0 Å². The Balaban J connectivity index is 1.48. The van der Waals surface area contributed by atoms with Gasteiger partial charge in [0.1, 0.15) is 0 Å². The Kier molecular flexibility index (Phi) is 4.30. The molecule has 2 saturated heterocycles.